The third-order valence-corrected chi connectivity index (χ3v) is 7.27. The molecule has 1 aliphatic heterocycles. The highest BCUT2D eigenvalue weighted by Crippen LogP contribution is 2.40. The molecule has 7 nitrogen and oxygen atoms in total. The van der Waals surface area contributed by atoms with E-state index in [1.165, 1.54) is 5.57 Å². The van der Waals surface area contributed by atoms with E-state index >= 15 is 0 Å². The fourth-order valence-electron chi connectivity index (χ4n) is 5.09. The zero-order valence-electron chi connectivity index (χ0n) is 22.7. The lowest BCUT2D eigenvalue weighted by atomic mass is 9.73. The molecule has 0 unspecified atom stereocenters. The van der Waals surface area contributed by atoms with Crippen molar-refractivity contribution in [2.75, 3.05) is 36.5 Å². The van der Waals surface area contributed by atoms with Gasteiger partial charge in [-0.25, -0.2) is 4.79 Å². The average Bonchev–Trinajstić information content (AvgIpc) is 2.87. The van der Waals surface area contributed by atoms with Gasteiger partial charge >= 0.3 is 12.0 Å². The predicted octanol–water partition coefficient (Wildman–Crippen LogP) is 6.26. The molecule has 1 aromatic carbocycles. The summed E-state index contributed by atoms with van der Waals surface area (Å²) in [6.07, 6.45) is 10.4. The first-order valence-electron chi connectivity index (χ1n) is 13.4. The lowest BCUT2D eigenvalue weighted by Crippen LogP contribution is -2.40. The normalized spacial score (nSPS) is 15.2. The number of carboxylic acid groups (broad SMARTS) is 1. The molecule has 1 saturated heterocycles. The van der Waals surface area contributed by atoms with E-state index in [-0.39, 0.29) is 12.5 Å². The van der Waals surface area contributed by atoms with Crippen LogP contribution in [0.3, 0.4) is 0 Å². The molecule has 1 fully saturated rings. The summed E-state index contributed by atoms with van der Waals surface area (Å²) in [7, 11) is 0. The molecule has 0 saturated carbocycles. The summed E-state index contributed by atoms with van der Waals surface area (Å²) >= 11 is 0. The number of amides is 2. The van der Waals surface area contributed by atoms with Crippen LogP contribution >= 0.6 is 0 Å². The highest BCUT2D eigenvalue weighted by Gasteiger charge is 2.33. The van der Waals surface area contributed by atoms with E-state index in [9.17, 15) is 14.7 Å². The summed E-state index contributed by atoms with van der Waals surface area (Å²) in [5, 5.41) is 15.6. The molecule has 0 radical (unpaired) electrons. The largest absolute Gasteiger partial charge is 0.481 e. The van der Waals surface area contributed by atoms with Gasteiger partial charge in [-0.05, 0) is 63.6 Å². The third-order valence-electron chi connectivity index (χ3n) is 7.27. The van der Waals surface area contributed by atoms with Gasteiger partial charge in [-0.2, -0.15) is 0 Å². The highest BCUT2D eigenvalue weighted by atomic mass is 16.5. The number of allylic oxidation sites excluding steroid dienone is 3. The van der Waals surface area contributed by atoms with Crippen molar-refractivity contribution >= 4 is 23.4 Å². The van der Waals surface area contributed by atoms with Crippen molar-refractivity contribution in [3.05, 3.63) is 47.6 Å². The summed E-state index contributed by atoms with van der Waals surface area (Å²) in [4.78, 5) is 26.9. The van der Waals surface area contributed by atoms with Crippen LogP contribution in [-0.4, -0.2) is 49.5 Å². The Morgan fingerprint density at radius 1 is 1.17 bits per heavy atom. The maximum absolute atomic E-state index is 12.9. The molecule has 2 amide bonds. The van der Waals surface area contributed by atoms with E-state index in [0.717, 1.165) is 50.3 Å². The number of benzene rings is 1. The molecule has 1 aliphatic rings. The maximum Gasteiger partial charge on any atom is 0.319 e. The molecule has 1 heterocycles. The molecule has 36 heavy (non-hydrogen) atoms. The Morgan fingerprint density at radius 3 is 2.44 bits per heavy atom. The van der Waals surface area contributed by atoms with E-state index in [1.807, 2.05) is 51.1 Å². The minimum absolute atomic E-state index is 0.0534. The lowest BCUT2D eigenvalue weighted by molar-refractivity contribution is -0.138. The number of nitrogens with zero attached hydrogens (tertiary/aromatic N) is 1. The Balaban J connectivity index is 2.37. The molecule has 3 N–H and O–H groups in total. The second-order valence-electron chi connectivity index (χ2n) is 9.51. The van der Waals surface area contributed by atoms with E-state index < -0.39 is 11.4 Å². The van der Waals surface area contributed by atoms with Gasteiger partial charge < -0.3 is 25.4 Å². The number of aliphatic carboxylic acids is 1. The zero-order chi connectivity index (χ0) is 26.6. The van der Waals surface area contributed by atoms with Crippen LogP contribution in [0.2, 0.25) is 0 Å². The molecule has 7 heteroatoms. The fraction of sp³-hybridized carbons (Fsp3) is 0.586. The van der Waals surface area contributed by atoms with E-state index in [0.29, 0.717) is 31.1 Å². The Labute approximate surface area is 217 Å². The van der Waals surface area contributed by atoms with Crippen LogP contribution in [0.15, 0.2) is 42.0 Å². The molecule has 0 aliphatic carbocycles. The topological polar surface area (TPSA) is 90.9 Å². The SMILES string of the molecule is CC/C=C(C)\C=C/CNC(=O)Nc1cc(C(CC)(CC)CC(=O)O)ccc1N(CC)C1CCOCC1. The van der Waals surface area contributed by atoms with Crippen molar-refractivity contribution in [3.63, 3.8) is 0 Å². The summed E-state index contributed by atoms with van der Waals surface area (Å²) in [6, 6.07) is 6.12. The number of rotatable bonds is 13. The second-order valence-corrected chi connectivity index (χ2v) is 9.51. The highest BCUT2D eigenvalue weighted by molar-refractivity contribution is 5.93. The third kappa shape index (κ3) is 8.12. The smallest absolute Gasteiger partial charge is 0.319 e. The van der Waals surface area contributed by atoms with Crippen molar-refractivity contribution in [1.82, 2.24) is 5.32 Å². The molecular weight excluding hydrogens is 454 g/mol. The summed E-state index contributed by atoms with van der Waals surface area (Å²) in [6.45, 7) is 13.0. The molecule has 0 bridgehead atoms. The monoisotopic (exact) mass is 499 g/mol. The lowest BCUT2D eigenvalue weighted by Gasteiger charge is -2.37. The molecule has 0 atom stereocenters. The van der Waals surface area contributed by atoms with Gasteiger partial charge in [0, 0.05) is 37.8 Å². The Hall–Kier alpha value is -2.80. The summed E-state index contributed by atoms with van der Waals surface area (Å²) in [5.41, 5.74) is 3.28. The van der Waals surface area contributed by atoms with Crippen LogP contribution in [0.25, 0.3) is 0 Å². The van der Waals surface area contributed by atoms with Crippen molar-refractivity contribution in [3.8, 4) is 0 Å². The van der Waals surface area contributed by atoms with E-state index in [1.54, 1.807) is 0 Å². The number of carbonyl (C=O) groups is 2. The van der Waals surface area contributed by atoms with Crippen molar-refractivity contribution < 1.29 is 19.4 Å². The number of anilines is 2. The summed E-state index contributed by atoms with van der Waals surface area (Å²) in [5.74, 6) is -0.813. The number of ether oxygens (including phenoxy) is 1. The van der Waals surface area contributed by atoms with Crippen LogP contribution in [0.1, 0.15) is 78.7 Å². The number of nitrogens with one attached hydrogen (secondary N) is 2. The number of urea groups is 1. The Morgan fingerprint density at radius 2 is 1.86 bits per heavy atom. The van der Waals surface area contributed by atoms with Gasteiger partial charge in [-0.3, -0.25) is 4.79 Å². The molecule has 1 aromatic rings. The Bertz CT molecular complexity index is 915. The van der Waals surface area contributed by atoms with Crippen molar-refractivity contribution in [1.29, 1.82) is 0 Å². The maximum atomic E-state index is 12.9. The van der Waals surface area contributed by atoms with Crippen LogP contribution in [-0.2, 0) is 14.9 Å². The fourth-order valence-corrected chi connectivity index (χ4v) is 5.09. The number of carbonyl (C=O) groups excluding carboxylic acids is 1. The molecule has 0 aromatic heterocycles. The number of carboxylic acids is 1. The molecule has 2 rings (SSSR count). The van der Waals surface area contributed by atoms with Gasteiger partial charge in [0.15, 0.2) is 0 Å². The first kappa shape index (κ1) is 29.4. The zero-order valence-corrected chi connectivity index (χ0v) is 22.7. The second kappa shape index (κ2) is 14.7. The number of hydrogen-bond donors (Lipinski definition) is 3. The van der Waals surface area contributed by atoms with Crippen LogP contribution in [0, 0.1) is 0 Å². The average molecular weight is 500 g/mol. The van der Waals surface area contributed by atoms with Crippen molar-refractivity contribution in [2.24, 2.45) is 0 Å². The van der Waals surface area contributed by atoms with Gasteiger partial charge in [0.2, 0.25) is 0 Å². The minimum atomic E-state index is -0.813. The van der Waals surface area contributed by atoms with Crippen LogP contribution in [0.4, 0.5) is 16.2 Å². The van der Waals surface area contributed by atoms with Crippen LogP contribution in [0.5, 0.6) is 0 Å². The predicted molar refractivity (Wildman–Crippen MR) is 148 cm³/mol. The van der Waals surface area contributed by atoms with Gasteiger partial charge in [-0.15, -0.1) is 0 Å². The van der Waals surface area contributed by atoms with Gasteiger partial charge in [0.25, 0.3) is 0 Å². The Kier molecular flexibility index (Phi) is 12.0. The quantitative estimate of drug-likeness (QED) is 0.279. The van der Waals surface area contributed by atoms with Gasteiger partial charge in [0.1, 0.15) is 0 Å². The first-order valence-corrected chi connectivity index (χ1v) is 13.4. The summed E-state index contributed by atoms with van der Waals surface area (Å²) < 4.78 is 5.57. The minimum Gasteiger partial charge on any atom is -0.481 e. The first-order chi connectivity index (χ1) is 17.3. The number of hydrogen-bond acceptors (Lipinski definition) is 4. The van der Waals surface area contributed by atoms with E-state index in [2.05, 4.69) is 35.5 Å². The van der Waals surface area contributed by atoms with Gasteiger partial charge in [0.05, 0.1) is 17.8 Å². The van der Waals surface area contributed by atoms with E-state index in [4.69, 9.17) is 4.74 Å². The molecule has 200 valence electrons. The molecule has 0 spiro atoms. The van der Waals surface area contributed by atoms with Crippen molar-refractivity contribution in [2.45, 2.75) is 84.6 Å². The van der Waals surface area contributed by atoms with Gasteiger partial charge in [-0.1, -0.05) is 50.6 Å². The molecular formula is C29H45N3O4. The standard InChI is InChI=1S/C29H45N3O4/c1-6-11-22(5)12-10-17-30-28(35)31-25-20-23(29(7-2,8-3)21-27(33)34)13-14-26(25)32(9-4)24-15-18-36-19-16-24/h10-14,20,24H,6-9,15-19,21H2,1-5H3,(H,33,34)(H2,30,31,35)/b12-10-,22-11-. The van der Waals surface area contributed by atoms with Crippen LogP contribution < -0.4 is 15.5 Å².